The molecule has 146 valence electrons. The number of hydrogen-bond acceptors (Lipinski definition) is 5. The van der Waals surface area contributed by atoms with Gasteiger partial charge in [0, 0.05) is 12.7 Å². The molecule has 0 aliphatic carbocycles. The minimum atomic E-state index is -0.352. The van der Waals surface area contributed by atoms with Crippen LogP contribution < -0.4 is 5.32 Å². The first kappa shape index (κ1) is 21.3. The minimum absolute atomic E-state index is 0.302. The Labute approximate surface area is 165 Å². The molecule has 5 nitrogen and oxygen atoms in total. The number of nitrogens with one attached hydrogen (secondary N) is 1. The maximum Gasteiger partial charge on any atom is 0.325 e. The molecule has 0 heterocycles. The van der Waals surface area contributed by atoms with Crippen LogP contribution in [0.25, 0.3) is 21.9 Å². The molecule has 0 radical (unpaired) electrons. The van der Waals surface area contributed by atoms with Crippen molar-refractivity contribution in [3.8, 4) is 11.1 Å². The zero-order valence-electron chi connectivity index (χ0n) is 16.3. The second-order valence-corrected chi connectivity index (χ2v) is 6.05. The van der Waals surface area contributed by atoms with Crippen molar-refractivity contribution >= 4 is 23.0 Å². The fourth-order valence-electron chi connectivity index (χ4n) is 2.88. The molecular weight excluding hydrogens is 354 g/mol. The zero-order chi connectivity index (χ0) is 20.4. The van der Waals surface area contributed by atoms with Gasteiger partial charge in [-0.3, -0.25) is 9.59 Å². The molecule has 3 rings (SSSR count). The van der Waals surface area contributed by atoms with Crippen molar-refractivity contribution in [2.45, 2.75) is 6.04 Å². The van der Waals surface area contributed by atoms with E-state index in [9.17, 15) is 9.59 Å². The molecule has 0 saturated carbocycles. The Morgan fingerprint density at radius 3 is 2.29 bits per heavy atom. The molecule has 0 fully saturated rings. The van der Waals surface area contributed by atoms with Crippen molar-refractivity contribution in [1.82, 2.24) is 5.32 Å². The van der Waals surface area contributed by atoms with Crippen molar-refractivity contribution in [2.75, 3.05) is 27.9 Å². The lowest BCUT2D eigenvalue weighted by molar-refractivity contribution is -0.144. The highest BCUT2D eigenvalue weighted by Gasteiger charge is 2.15. The number of carbonyl (C=O) groups excluding carboxylic acids is 2. The molecule has 3 aromatic rings. The van der Waals surface area contributed by atoms with Crippen LogP contribution in [-0.4, -0.2) is 46.2 Å². The van der Waals surface area contributed by atoms with Crippen LogP contribution in [0.15, 0.2) is 66.7 Å². The molecule has 0 aliphatic heterocycles. The molecule has 0 bridgehead atoms. The number of methoxy groups -OCH3 is 2. The maximum atomic E-state index is 11.1. The molecule has 0 aromatic heterocycles. The number of likely N-dealkylation sites (N-methyl/N-ethyl adjacent to an activating group) is 1. The van der Waals surface area contributed by atoms with Crippen LogP contribution in [0.5, 0.6) is 0 Å². The Kier molecular flexibility index (Phi) is 8.34. The number of aldehydes is 1. The van der Waals surface area contributed by atoms with E-state index in [0.29, 0.717) is 6.61 Å². The summed E-state index contributed by atoms with van der Waals surface area (Å²) in [5.74, 6) is -0.302. The SMILES string of the molecule is CN[C@@H](COC)C(=O)OC.O=Cc1ccccc1-c1cccc2ccccc12. The van der Waals surface area contributed by atoms with Gasteiger partial charge in [0.25, 0.3) is 0 Å². The molecule has 3 aromatic carbocycles. The third-order valence-corrected chi connectivity index (χ3v) is 4.34. The Balaban J connectivity index is 0.000000242. The number of esters is 1. The Hall–Kier alpha value is -3.02. The smallest absolute Gasteiger partial charge is 0.325 e. The summed E-state index contributed by atoms with van der Waals surface area (Å²) in [5.41, 5.74) is 2.83. The number of fused-ring (bicyclic) bond motifs is 1. The van der Waals surface area contributed by atoms with Crippen LogP contribution in [0, 0.1) is 0 Å². The van der Waals surface area contributed by atoms with Crippen LogP contribution in [0.3, 0.4) is 0 Å². The third-order valence-electron chi connectivity index (χ3n) is 4.34. The first-order valence-corrected chi connectivity index (χ1v) is 8.92. The van der Waals surface area contributed by atoms with E-state index >= 15 is 0 Å². The summed E-state index contributed by atoms with van der Waals surface area (Å²) >= 11 is 0. The van der Waals surface area contributed by atoms with E-state index in [1.165, 1.54) is 25.0 Å². The molecule has 1 N–H and O–H groups in total. The zero-order valence-corrected chi connectivity index (χ0v) is 16.3. The lowest BCUT2D eigenvalue weighted by Crippen LogP contribution is -2.38. The van der Waals surface area contributed by atoms with Crippen LogP contribution in [0.4, 0.5) is 0 Å². The third kappa shape index (κ3) is 5.25. The largest absolute Gasteiger partial charge is 0.468 e. The highest BCUT2D eigenvalue weighted by atomic mass is 16.5. The van der Waals surface area contributed by atoms with Gasteiger partial charge in [-0.25, -0.2) is 0 Å². The first-order valence-electron chi connectivity index (χ1n) is 8.92. The predicted molar refractivity (Wildman–Crippen MR) is 112 cm³/mol. The summed E-state index contributed by atoms with van der Waals surface area (Å²) in [6, 6.07) is 21.7. The van der Waals surface area contributed by atoms with E-state index in [1.54, 1.807) is 7.05 Å². The number of rotatable bonds is 6. The minimum Gasteiger partial charge on any atom is -0.468 e. The summed E-state index contributed by atoms with van der Waals surface area (Å²) in [6.07, 6.45) is 0.914. The molecule has 28 heavy (non-hydrogen) atoms. The molecule has 0 spiro atoms. The second kappa shape index (κ2) is 11.0. The van der Waals surface area contributed by atoms with Gasteiger partial charge in [0.05, 0.1) is 13.7 Å². The Morgan fingerprint density at radius 2 is 1.61 bits per heavy atom. The van der Waals surface area contributed by atoms with Crippen LogP contribution in [0.1, 0.15) is 10.4 Å². The molecule has 0 saturated heterocycles. The fraction of sp³-hybridized carbons (Fsp3) is 0.217. The highest BCUT2D eigenvalue weighted by molar-refractivity contribution is 6.00. The lowest BCUT2D eigenvalue weighted by Gasteiger charge is -2.11. The molecular formula is C23H25NO4. The highest BCUT2D eigenvalue weighted by Crippen LogP contribution is 2.30. The van der Waals surface area contributed by atoms with Gasteiger partial charge in [-0.2, -0.15) is 0 Å². The van der Waals surface area contributed by atoms with Gasteiger partial charge in [0.15, 0.2) is 6.29 Å². The average molecular weight is 379 g/mol. The number of hydrogen-bond donors (Lipinski definition) is 1. The summed E-state index contributed by atoms with van der Waals surface area (Å²) in [6.45, 7) is 0.336. The van der Waals surface area contributed by atoms with E-state index in [4.69, 9.17) is 4.74 Å². The first-order chi connectivity index (χ1) is 13.7. The van der Waals surface area contributed by atoms with Crippen LogP contribution >= 0.6 is 0 Å². The second-order valence-electron chi connectivity index (χ2n) is 6.05. The predicted octanol–water partition coefficient (Wildman–Crippen LogP) is 3.71. The summed E-state index contributed by atoms with van der Waals surface area (Å²) in [4.78, 5) is 21.9. The van der Waals surface area contributed by atoms with Gasteiger partial charge in [-0.05, 0) is 28.9 Å². The summed E-state index contributed by atoms with van der Waals surface area (Å²) in [7, 11) is 4.57. The Morgan fingerprint density at radius 1 is 0.964 bits per heavy atom. The molecule has 1 atom stereocenters. The molecule has 0 unspecified atom stereocenters. The van der Waals surface area contributed by atoms with Crippen molar-refractivity contribution in [3.05, 3.63) is 72.3 Å². The lowest BCUT2D eigenvalue weighted by atomic mass is 9.95. The Bertz CT molecular complexity index is 918. The van der Waals surface area contributed by atoms with E-state index in [1.807, 2.05) is 42.5 Å². The number of benzene rings is 3. The standard InChI is InChI=1S/C17H12O.C6H13NO3/c18-12-14-7-2-4-10-16(14)17-11-5-8-13-6-1-3-9-15(13)17;1-7-5(4-9-2)6(8)10-3/h1-12H;5,7H,4H2,1-3H3/t;5-/m.0/s1. The maximum absolute atomic E-state index is 11.1. The average Bonchev–Trinajstić information content (AvgIpc) is 2.77. The summed E-state index contributed by atoms with van der Waals surface area (Å²) < 4.78 is 9.23. The monoisotopic (exact) mass is 379 g/mol. The number of ether oxygens (including phenoxy) is 2. The molecule has 5 heteroatoms. The quantitative estimate of drug-likeness (QED) is 0.522. The summed E-state index contributed by atoms with van der Waals surface area (Å²) in [5, 5.41) is 5.12. The topological polar surface area (TPSA) is 64.6 Å². The normalized spacial score (nSPS) is 11.2. The van der Waals surface area contributed by atoms with Crippen LogP contribution in [0.2, 0.25) is 0 Å². The van der Waals surface area contributed by atoms with Gasteiger partial charge in [-0.1, -0.05) is 66.7 Å². The van der Waals surface area contributed by atoms with Gasteiger partial charge in [0.1, 0.15) is 6.04 Å². The van der Waals surface area contributed by atoms with Gasteiger partial charge in [-0.15, -0.1) is 0 Å². The van der Waals surface area contributed by atoms with Gasteiger partial charge >= 0.3 is 5.97 Å². The van der Waals surface area contributed by atoms with Crippen molar-refractivity contribution < 1.29 is 19.1 Å². The van der Waals surface area contributed by atoms with E-state index < -0.39 is 0 Å². The number of carbonyl (C=O) groups is 2. The van der Waals surface area contributed by atoms with Crippen molar-refractivity contribution in [1.29, 1.82) is 0 Å². The van der Waals surface area contributed by atoms with E-state index in [0.717, 1.165) is 23.0 Å². The van der Waals surface area contributed by atoms with E-state index in [2.05, 4.69) is 34.3 Å². The fourth-order valence-corrected chi connectivity index (χ4v) is 2.88. The van der Waals surface area contributed by atoms with E-state index in [-0.39, 0.29) is 12.0 Å². The van der Waals surface area contributed by atoms with Crippen molar-refractivity contribution in [2.24, 2.45) is 0 Å². The van der Waals surface area contributed by atoms with Gasteiger partial charge in [0.2, 0.25) is 0 Å². The van der Waals surface area contributed by atoms with Crippen LogP contribution in [-0.2, 0) is 14.3 Å². The van der Waals surface area contributed by atoms with Gasteiger partial charge < -0.3 is 14.8 Å². The molecule has 0 aliphatic rings. The molecule has 0 amide bonds. The van der Waals surface area contributed by atoms with Crippen molar-refractivity contribution in [3.63, 3.8) is 0 Å².